The molecule has 0 radical (unpaired) electrons. The number of hydrogen-bond acceptors (Lipinski definition) is 1. The molecule has 1 heterocycles. The summed E-state index contributed by atoms with van der Waals surface area (Å²) in [5, 5.41) is 1.11. The Hall–Kier alpha value is -2.62. The number of aryl methyl sites for hydroxylation is 1. The Morgan fingerprint density at radius 3 is 2.54 bits per heavy atom. The van der Waals surface area contributed by atoms with E-state index in [-0.39, 0.29) is 17.6 Å². The fraction of sp³-hybridized carbons (Fsp3) is 0.318. The Kier molecular flexibility index (Phi) is 5.40. The molecule has 0 saturated carbocycles. The Bertz CT molecular complexity index is 911. The van der Waals surface area contributed by atoms with Crippen molar-refractivity contribution >= 4 is 16.8 Å². The molecule has 0 saturated heterocycles. The number of amides is 1. The van der Waals surface area contributed by atoms with Gasteiger partial charge in [0, 0.05) is 49.6 Å². The van der Waals surface area contributed by atoms with Crippen molar-refractivity contribution in [2.45, 2.75) is 26.2 Å². The minimum Gasteiger partial charge on any atom is -0.350 e. The van der Waals surface area contributed by atoms with E-state index in [4.69, 9.17) is 0 Å². The van der Waals surface area contributed by atoms with Crippen LogP contribution < -0.4 is 0 Å². The number of fused-ring (bicyclic) bond motifs is 1. The summed E-state index contributed by atoms with van der Waals surface area (Å²) in [7, 11) is 2.00. The maximum absolute atomic E-state index is 13.9. The lowest BCUT2D eigenvalue weighted by atomic mass is 9.87. The second-order valence-electron chi connectivity index (χ2n) is 6.59. The van der Waals surface area contributed by atoms with Gasteiger partial charge in [-0.05, 0) is 43.2 Å². The van der Waals surface area contributed by atoms with Crippen molar-refractivity contribution in [3.8, 4) is 0 Å². The van der Waals surface area contributed by atoms with Crippen LogP contribution in [0.1, 0.15) is 37.3 Å². The molecule has 3 rings (SSSR count). The second-order valence-corrected chi connectivity index (χ2v) is 6.59. The summed E-state index contributed by atoms with van der Waals surface area (Å²) in [5.41, 5.74) is 3.01. The van der Waals surface area contributed by atoms with Gasteiger partial charge in [0.2, 0.25) is 5.91 Å². The number of benzene rings is 2. The third kappa shape index (κ3) is 3.50. The predicted molar refractivity (Wildman–Crippen MR) is 104 cm³/mol. The molecule has 3 aromatic rings. The molecular weight excluding hydrogens is 327 g/mol. The maximum Gasteiger partial charge on any atom is 0.223 e. The van der Waals surface area contributed by atoms with Crippen molar-refractivity contribution in [1.29, 1.82) is 0 Å². The summed E-state index contributed by atoms with van der Waals surface area (Å²) < 4.78 is 16.0. The van der Waals surface area contributed by atoms with Gasteiger partial charge in [0.1, 0.15) is 5.82 Å². The zero-order valence-corrected chi connectivity index (χ0v) is 15.6. The molecule has 0 aliphatic rings. The fourth-order valence-corrected chi connectivity index (χ4v) is 3.66. The van der Waals surface area contributed by atoms with E-state index in [1.807, 2.05) is 44.0 Å². The maximum atomic E-state index is 13.9. The second kappa shape index (κ2) is 7.73. The van der Waals surface area contributed by atoms with Gasteiger partial charge >= 0.3 is 0 Å². The van der Waals surface area contributed by atoms with Gasteiger partial charge in [-0.3, -0.25) is 4.79 Å². The number of hydrogen-bond donors (Lipinski definition) is 0. The number of para-hydroxylation sites is 1. The summed E-state index contributed by atoms with van der Waals surface area (Å²) in [6, 6.07) is 14.7. The molecule has 0 bridgehead atoms. The summed E-state index contributed by atoms with van der Waals surface area (Å²) in [6.07, 6.45) is 2.40. The molecule has 0 aliphatic carbocycles. The summed E-state index contributed by atoms with van der Waals surface area (Å²) in [5.74, 6) is -0.356. The van der Waals surface area contributed by atoms with Crippen LogP contribution in [-0.4, -0.2) is 28.5 Å². The molecule has 1 amide bonds. The highest BCUT2D eigenvalue weighted by Crippen LogP contribution is 2.35. The Morgan fingerprint density at radius 1 is 1.12 bits per heavy atom. The molecule has 0 spiro atoms. The van der Waals surface area contributed by atoms with E-state index < -0.39 is 0 Å². The van der Waals surface area contributed by atoms with Gasteiger partial charge in [-0.25, -0.2) is 4.39 Å². The topological polar surface area (TPSA) is 25.2 Å². The van der Waals surface area contributed by atoms with E-state index in [1.54, 1.807) is 12.1 Å². The lowest BCUT2D eigenvalue weighted by molar-refractivity contribution is -0.131. The van der Waals surface area contributed by atoms with Gasteiger partial charge in [-0.2, -0.15) is 0 Å². The molecule has 0 unspecified atom stereocenters. The SMILES string of the molecule is CCN(CC)C(=O)C[C@H](c1cccc(F)c1)c1cn(C)c2ccccc12. The lowest BCUT2D eigenvalue weighted by Gasteiger charge is -2.23. The van der Waals surface area contributed by atoms with E-state index >= 15 is 0 Å². The van der Waals surface area contributed by atoms with Crippen LogP contribution in [0.15, 0.2) is 54.7 Å². The molecule has 136 valence electrons. The van der Waals surface area contributed by atoms with E-state index in [1.165, 1.54) is 6.07 Å². The standard InChI is InChI=1S/C22H25FN2O/c1-4-25(5-2)22(26)14-19(16-9-8-10-17(23)13-16)20-15-24(3)21-12-7-6-11-18(20)21/h6-13,15,19H,4-5,14H2,1-3H3/t19-/m1/s1. The molecule has 0 N–H and O–H groups in total. The van der Waals surface area contributed by atoms with Crippen LogP contribution >= 0.6 is 0 Å². The van der Waals surface area contributed by atoms with Crippen molar-refractivity contribution in [1.82, 2.24) is 9.47 Å². The normalized spacial score (nSPS) is 12.3. The third-order valence-corrected chi connectivity index (χ3v) is 5.05. The Balaban J connectivity index is 2.09. The number of aromatic nitrogens is 1. The first-order chi connectivity index (χ1) is 12.5. The average molecular weight is 352 g/mol. The number of carbonyl (C=O) groups is 1. The number of rotatable bonds is 6. The van der Waals surface area contributed by atoms with Gasteiger partial charge < -0.3 is 9.47 Å². The van der Waals surface area contributed by atoms with Gasteiger partial charge in [-0.1, -0.05) is 30.3 Å². The van der Waals surface area contributed by atoms with Gasteiger partial charge in [0.15, 0.2) is 0 Å². The van der Waals surface area contributed by atoms with E-state index in [0.717, 1.165) is 22.0 Å². The van der Waals surface area contributed by atoms with Crippen LogP contribution in [0, 0.1) is 5.82 Å². The number of halogens is 1. The van der Waals surface area contributed by atoms with Crippen LogP contribution in [0.4, 0.5) is 4.39 Å². The van der Waals surface area contributed by atoms with Crippen LogP contribution in [0.25, 0.3) is 10.9 Å². The molecule has 1 atom stereocenters. The minimum atomic E-state index is -0.275. The van der Waals surface area contributed by atoms with Crippen LogP contribution in [0.2, 0.25) is 0 Å². The van der Waals surface area contributed by atoms with Gasteiger partial charge in [0.05, 0.1) is 0 Å². The van der Waals surface area contributed by atoms with Gasteiger partial charge in [-0.15, -0.1) is 0 Å². The van der Waals surface area contributed by atoms with Crippen molar-refractivity contribution in [3.63, 3.8) is 0 Å². The summed E-state index contributed by atoms with van der Waals surface area (Å²) in [6.45, 7) is 5.33. The van der Waals surface area contributed by atoms with Crippen LogP contribution in [0.5, 0.6) is 0 Å². The highest BCUT2D eigenvalue weighted by atomic mass is 19.1. The number of carbonyl (C=O) groups excluding carboxylic acids is 1. The van der Waals surface area contributed by atoms with Crippen molar-refractivity contribution in [2.24, 2.45) is 7.05 Å². The monoisotopic (exact) mass is 352 g/mol. The van der Waals surface area contributed by atoms with E-state index in [2.05, 4.69) is 22.9 Å². The van der Waals surface area contributed by atoms with Crippen molar-refractivity contribution in [3.05, 3.63) is 71.7 Å². The average Bonchev–Trinajstić information content (AvgIpc) is 2.98. The van der Waals surface area contributed by atoms with E-state index in [0.29, 0.717) is 19.5 Å². The first kappa shape index (κ1) is 18.2. The smallest absolute Gasteiger partial charge is 0.223 e. The van der Waals surface area contributed by atoms with Gasteiger partial charge in [0.25, 0.3) is 0 Å². The minimum absolute atomic E-state index is 0.0946. The quantitative estimate of drug-likeness (QED) is 0.631. The third-order valence-electron chi connectivity index (χ3n) is 5.05. The highest BCUT2D eigenvalue weighted by molar-refractivity contribution is 5.86. The number of nitrogens with zero attached hydrogens (tertiary/aromatic N) is 2. The lowest BCUT2D eigenvalue weighted by Crippen LogP contribution is -2.31. The first-order valence-electron chi connectivity index (χ1n) is 9.12. The highest BCUT2D eigenvalue weighted by Gasteiger charge is 2.24. The molecule has 26 heavy (non-hydrogen) atoms. The Labute approximate surface area is 154 Å². The summed E-state index contributed by atoms with van der Waals surface area (Å²) >= 11 is 0. The molecular formula is C22H25FN2O. The van der Waals surface area contributed by atoms with Crippen molar-refractivity contribution < 1.29 is 9.18 Å². The zero-order chi connectivity index (χ0) is 18.7. The fourth-order valence-electron chi connectivity index (χ4n) is 3.66. The van der Waals surface area contributed by atoms with Crippen LogP contribution in [-0.2, 0) is 11.8 Å². The molecule has 1 aromatic heterocycles. The largest absolute Gasteiger partial charge is 0.350 e. The first-order valence-corrected chi connectivity index (χ1v) is 9.12. The molecule has 0 fully saturated rings. The molecule has 0 aliphatic heterocycles. The van der Waals surface area contributed by atoms with E-state index in [9.17, 15) is 9.18 Å². The molecule has 3 nitrogen and oxygen atoms in total. The Morgan fingerprint density at radius 2 is 1.85 bits per heavy atom. The zero-order valence-electron chi connectivity index (χ0n) is 15.6. The molecule has 2 aromatic carbocycles. The molecule has 4 heteroatoms. The predicted octanol–water partition coefficient (Wildman–Crippen LogP) is 4.71. The van der Waals surface area contributed by atoms with Crippen molar-refractivity contribution in [2.75, 3.05) is 13.1 Å². The summed E-state index contributed by atoms with van der Waals surface area (Å²) in [4.78, 5) is 14.6. The van der Waals surface area contributed by atoms with Crippen LogP contribution in [0.3, 0.4) is 0 Å².